The van der Waals surface area contributed by atoms with Crippen LogP contribution in [0.5, 0.6) is 0 Å². The summed E-state index contributed by atoms with van der Waals surface area (Å²) in [5.74, 6) is 1.15. The summed E-state index contributed by atoms with van der Waals surface area (Å²) in [4.78, 5) is 6.78. The summed E-state index contributed by atoms with van der Waals surface area (Å²) in [6.45, 7) is 4.86. The number of piperazine rings is 1. The van der Waals surface area contributed by atoms with Gasteiger partial charge < -0.3 is 15.3 Å². The number of aryl methyl sites for hydroxylation is 1. The number of hydrogen-bond donors (Lipinski definition) is 2. The lowest BCUT2D eigenvalue weighted by Gasteiger charge is -2.34. The van der Waals surface area contributed by atoms with Crippen LogP contribution >= 0.6 is 0 Å². The van der Waals surface area contributed by atoms with Gasteiger partial charge in [0.15, 0.2) is 0 Å². The molecule has 0 radical (unpaired) electrons. The third-order valence-electron chi connectivity index (χ3n) is 3.39. The van der Waals surface area contributed by atoms with Crippen LogP contribution in [0.4, 0.5) is 5.82 Å². The van der Waals surface area contributed by atoms with Crippen LogP contribution in [0.1, 0.15) is 5.69 Å². The first kappa shape index (κ1) is 11.5. The van der Waals surface area contributed by atoms with Crippen LogP contribution in [0.25, 0.3) is 5.65 Å². The Morgan fingerprint density at radius 1 is 1.50 bits per heavy atom. The van der Waals surface area contributed by atoms with Crippen molar-refractivity contribution < 1.29 is 5.11 Å². The monoisotopic (exact) mass is 246 g/mol. The number of aliphatic hydroxyl groups excluding tert-OH is 1. The Morgan fingerprint density at radius 3 is 3.22 bits per heavy atom. The van der Waals surface area contributed by atoms with Crippen molar-refractivity contribution in [2.24, 2.45) is 0 Å². The van der Waals surface area contributed by atoms with Crippen molar-refractivity contribution in [2.45, 2.75) is 13.0 Å². The van der Waals surface area contributed by atoms with Crippen molar-refractivity contribution in [3.8, 4) is 0 Å². The number of pyridine rings is 1. The Labute approximate surface area is 106 Å². The molecule has 1 fully saturated rings. The average Bonchev–Trinajstić information content (AvgIpc) is 2.78. The molecule has 5 nitrogen and oxygen atoms in total. The van der Waals surface area contributed by atoms with Crippen LogP contribution in [0.2, 0.25) is 0 Å². The predicted octanol–water partition coefficient (Wildman–Crippen LogP) is 0.413. The van der Waals surface area contributed by atoms with Gasteiger partial charge in [-0.25, -0.2) is 4.98 Å². The molecule has 0 bridgehead atoms. The summed E-state index contributed by atoms with van der Waals surface area (Å²) in [6, 6.07) is 6.31. The molecule has 96 valence electrons. The Hall–Kier alpha value is -1.59. The van der Waals surface area contributed by atoms with E-state index in [0.29, 0.717) is 0 Å². The third-order valence-corrected chi connectivity index (χ3v) is 3.39. The van der Waals surface area contributed by atoms with Crippen molar-refractivity contribution in [3.05, 3.63) is 30.1 Å². The molecule has 0 saturated carbocycles. The third kappa shape index (κ3) is 1.95. The van der Waals surface area contributed by atoms with Crippen molar-refractivity contribution in [1.82, 2.24) is 14.7 Å². The highest BCUT2D eigenvalue weighted by atomic mass is 16.3. The number of nitrogens with one attached hydrogen (secondary N) is 1. The first-order valence-corrected chi connectivity index (χ1v) is 6.32. The van der Waals surface area contributed by atoms with Gasteiger partial charge in [0, 0.05) is 31.9 Å². The van der Waals surface area contributed by atoms with Gasteiger partial charge >= 0.3 is 0 Å². The molecule has 18 heavy (non-hydrogen) atoms. The lowest BCUT2D eigenvalue weighted by Crippen LogP contribution is -2.52. The van der Waals surface area contributed by atoms with Crippen LogP contribution in [0.15, 0.2) is 24.4 Å². The standard InChI is InChI=1S/C13H18N4O/c1-10-7-17-12(15-10)3-2-4-13(17)16-6-5-14-11(8-16)9-18/h2-4,7,11,14,18H,5-6,8-9H2,1H3. The summed E-state index contributed by atoms with van der Waals surface area (Å²) in [5, 5.41) is 12.6. The van der Waals surface area contributed by atoms with Crippen LogP contribution in [0, 0.1) is 6.92 Å². The molecule has 2 aromatic rings. The first-order valence-electron chi connectivity index (χ1n) is 6.32. The van der Waals surface area contributed by atoms with E-state index in [4.69, 9.17) is 0 Å². The molecule has 1 aliphatic rings. The number of rotatable bonds is 2. The van der Waals surface area contributed by atoms with E-state index in [-0.39, 0.29) is 12.6 Å². The van der Waals surface area contributed by atoms with Gasteiger partial charge in [-0.1, -0.05) is 6.07 Å². The minimum absolute atomic E-state index is 0.152. The zero-order chi connectivity index (χ0) is 12.5. The van der Waals surface area contributed by atoms with Gasteiger partial charge in [-0.2, -0.15) is 0 Å². The Kier molecular flexibility index (Phi) is 2.93. The maximum Gasteiger partial charge on any atom is 0.138 e. The van der Waals surface area contributed by atoms with E-state index in [2.05, 4.69) is 31.9 Å². The van der Waals surface area contributed by atoms with E-state index in [9.17, 15) is 5.11 Å². The normalized spacial score (nSPS) is 20.6. The van der Waals surface area contributed by atoms with Crippen molar-refractivity contribution in [3.63, 3.8) is 0 Å². The fourth-order valence-corrected chi connectivity index (χ4v) is 2.53. The molecule has 0 aliphatic carbocycles. The first-order chi connectivity index (χ1) is 8.78. The van der Waals surface area contributed by atoms with Crippen LogP contribution in [0.3, 0.4) is 0 Å². The Morgan fingerprint density at radius 2 is 2.39 bits per heavy atom. The molecule has 0 aromatic carbocycles. The molecule has 1 unspecified atom stereocenters. The predicted molar refractivity (Wildman–Crippen MR) is 71.0 cm³/mol. The van der Waals surface area contributed by atoms with Gasteiger partial charge in [-0.3, -0.25) is 4.40 Å². The number of nitrogens with zero attached hydrogens (tertiary/aromatic N) is 3. The molecule has 0 amide bonds. The highest BCUT2D eigenvalue weighted by molar-refractivity contribution is 5.52. The molecule has 3 heterocycles. The van der Waals surface area contributed by atoms with Crippen molar-refractivity contribution in [2.75, 3.05) is 31.1 Å². The summed E-state index contributed by atoms with van der Waals surface area (Å²) in [7, 11) is 0. The summed E-state index contributed by atoms with van der Waals surface area (Å²) in [6.07, 6.45) is 2.06. The lowest BCUT2D eigenvalue weighted by molar-refractivity contribution is 0.235. The van der Waals surface area contributed by atoms with E-state index in [1.807, 2.05) is 19.1 Å². The number of imidazole rings is 1. The van der Waals surface area contributed by atoms with Crippen molar-refractivity contribution in [1.29, 1.82) is 0 Å². The average molecular weight is 246 g/mol. The number of anilines is 1. The van der Waals surface area contributed by atoms with Gasteiger partial charge in [0.05, 0.1) is 12.3 Å². The zero-order valence-electron chi connectivity index (χ0n) is 10.5. The largest absolute Gasteiger partial charge is 0.395 e. The second-order valence-corrected chi connectivity index (χ2v) is 4.77. The second-order valence-electron chi connectivity index (χ2n) is 4.77. The number of fused-ring (bicyclic) bond motifs is 1. The van der Waals surface area contributed by atoms with Crippen molar-refractivity contribution >= 4 is 11.5 Å². The summed E-state index contributed by atoms with van der Waals surface area (Å²) in [5.41, 5.74) is 2.00. The minimum Gasteiger partial charge on any atom is -0.395 e. The highest BCUT2D eigenvalue weighted by Gasteiger charge is 2.20. The molecular weight excluding hydrogens is 228 g/mol. The van der Waals surface area contributed by atoms with E-state index >= 15 is 0 Å². The maximum absolute atomic E-state index is 9.26. The minimum atomic E-state index is 0.152. The molecule has 3 rings (SSSR count). The zero-order valence-corrected chi connectivity index (χ0v) is 10.5. The van der Waals surface area contributed by atoms with E-state index < -0.39 is 0 Å². The molecule has 1 saturated heterocycles. The second kappa shape index (κ2) is 4.59. The molecule has 0 spiro atoms. The lowest BCUT2D eigenvalue weighted by atomic mass is 10.2. The van der Waals surface area contributed by atoms with E-state index in [1.165, 1.54) is 0 Å². The molecule has 1 atom stereocenters. The number of aromatic nitrogens is 2. The van der Waals surface area contributed by atoms with Crippen LogP contribution < -0.4 is 10.2 Å². The smallest absolute Gasteiger partial charge is 0.138 e. The SMILES string of the molecule is Cc1cn2c(N3CCNC(CO)C3)cccc2n1. The Balaban J connectivity index is 1.98. The number of aliphatic hydroxyl groups is 1. The summed E-state index contributed by atoms with van der Waals surface area (Å²) >= 11 is 0. The summed E-state index contributed by atoms with van der Waals surface area (Å²) < 4.78 is 2.12. The van der Waals surface area contributed by atoms with Gasteiger partial charge in [0.25, 0.3) is 0 Å². The number of hydrogen-bond acceptors (Lipinski definition) is 4. The van der Waals surface area contributed by atoms with Gasteiger partial charge in [0.2, 0.25) is 0 Å². The molecule has 2 aromatic heterocycles. The Bertz CT molecular complexity index is 551. The highest BCUT2D eigenvalue weighted by Crippen LogP contribution is 2.18. The molecule has 1 aliphatic heterocycles. The van der Waals surface area contributed by atoms with Gasteiger partial charge in [-0.05, 0) is 19.1 Å². The fraction of sp³-hybridized carbons (Fsp3) is 0.462. The van der Waals surface area contributed by atoms with E-state index in [0.717, 1.165) is 36.8 Å². The molecule has 2 N–H and O–H groups in total. The van der Waals surface area contributed by atoms with Crippen LogP contribution in [-0.4, -0.2) is 46.8 Å². The van der Waals surface area contributed by atoms with Crippen LogP contribution in [-0.2, 0) is 0 Å². The molecule has 5 heteroatoms. The molecular formula is C13H18N4O. The fourth-order valence-electron chi connectivity index (χ4n) is 2.53. The quantitative estimate of drug-likeness (QED) is 0.806. The van der Waals surface area contributed by atoms with Gasteiger partial charge in [0.1, 0.15) is 11.5 Å². The van der Waals surface area contributed by atoms with E-state index in [1.54, 1.807) is 0 Å². The van der Waals surface area contributed by atoms with Gasteiger partial charge in [-0.15, -0.1) is 0 Å². The topological polar surface area (TPSA) is 52.8 Å². The maximum atomic E-state index is 9.26.